The average Bonchev–Trinajstić information content (AvgIpc) is 3.04. The highest BCUT2D eigenvalue weighted by Gasteiger charge is 2.30. The van der Waals surface area contributed by atoms with Crippen molar-refractivity contribution in [1.29, 1.82) is 0 Å². The number of hydrogen-bond donors (Lipinski definition) is 1. The zero-order valence-electron chi connectivity index (χ0n) is 12.8. The first-order chi connectivity index (χ1) is 12.3. The molecule has 0 aliphatic carbocycles. The highest BCUT2D eigenvalue weighted by atomic mass is 35.6. The van der Waals surface area contributed by atoms with Crippen LogP contribution >= 0.6 is 58.0 Å². The number of nitrogens with zero attached hydrogens (tertiary/aromatic N) is 1. The van der Waals surface area contributed by atoms with Crippen molar-refractivity contribution in [3.8, 4) is 22.6 Å². The van der Waals surface area contributed by atoms with Crippen LogP contribution in [0.1, 0.15) is 0 Å². The molecular weight excluding hydrogens is 441 g/mol. The summed E-state index contributed by atoms with van der Waals surface area (Å²) in [7, 11) is 0. The van der Waals surface area contributed by atoms with Gasteiger partial charge in [0.05, 0.1) is 10.0 Å². The summed E-state index contributed by atoms with van der Waals surface area (Å²) in [6.07, 6.45) is 0. The number of aromatic nitrogens is 1. The largest absolute Gasteiger partial charge is 0.356 e. The number of amides is 1. The van der Waals surface area contributed by atoms with Gasteiger partial charge in [0.25, 0.3) is 9.70 Å². The molecule has 0 aliphatic rings. The maximum atomic E-state index is 11.8. The molecule has 0 saturated carbocycles. The fourth-order valence-corrected chi connectivity index (χ4v) is 2.96. The minimum Gasteiger partial charge on any atom is -0.356 e. The molecule has 1 N–H and O–H groups in total. The third-order valence-corrected chi connectivity index (χ3v) is 4.54. The Kier molecular flexibility index (Phi) is 5.70. The number of carbonyl (C=O) groups is 1. The van der Waals surface area contributed by atoms with E-state index in [9.17, 15) is 4.79 Å². The maximum absolute atomic E-state index is 11.8. The lowest BCUT2D eigenvalue weighted by molar-refractivity contribution is -0.115. The summed E-state index contributed by atoms with van der Waals surface area (Å²) in [5.74, 6) is -0.304. The van der Waals surface area contributed by atoms with Crippen molar-refractivity contribution in [1.82, 2.24) is 5.16 Å². The topological polar surface area (TPSA) is 55.1 Å². The summed E-state index contributed by atoms with van der Waals surface area (Å²) < 4.78 is 3.32. The fourth-order valence-electron chi connectivity index (χ4n) is 2.22. The quantitative estimate of drug-likeness (QED) is 0.456. The second-order valence-electron chi connectivity index (χ2n) is 5.21. The SMILES string of the molecule is O=C(Nc1cccc(-c2cc(-c3c(Cl)cccc3Cl)no2)c1)C(Cl)(Cl)Cl. The third kappa shape index (κ3) is 4.27. The normalized spacial score (nSPS) is 11.4. The Morgan fingerprint density at radius 2 is 1.65 bits per heavy atom. The predicted octanol–water partition coefficient (Wildman–Crippen LogP) is 6.62. The predicted molar refractivity (Wildman–Crippen MR) is 106 cm³/mol. The van der Waals surface area contributed by atoms with E-state index in [4.69, 9.17) is 62.5 Å². The monoisotopic (exact) mass is 448 g/mol. The second-order valence-corrected chi connectivity index (χ2v) is 8.30. The zero-order chi connectivity index (χ0) is 18.9. The Bertz CT molecular complexity index is 946. The number of hydrogen-bond acceptors (Lipinski definition) is 3. The molecular formula is C17H9Cl5N2O2. The van der Waals surface area contributed by atoms with E-state index in [0.29, 0.717) is 38.3 Å². The van der Waals surface area contributed by atoms with E-state index < -0.39 is 9.70 Å². The van der Waals surface area contributed by atoms with E-state index in [-0.39, 0.29) is 0 Å². The van der Waals surface area contributed by atoms with Gasteiger partial charge >= 0.3 is 0 Å². The second kappa shape index (κ2) is 7.67. The number of rotatable bonds is 3. The number of nitrogens with one attached hydrogen (secondary N) is 1. The van der Waals surface area contributed by atoms with E-state index in [1.54, 1.807) is 48.5 Å². The highest BCUT2D eigenvalue weighted by molar-refractivity contribution is 6.76. The van der Waals surface area contributed by atoms with Gasteiger partial charge in [-0.25, -0.2) is 0 Å². The number of carbonyl (C=O) groups excluding carboxylic acids is 1. The van der Waals surface area contributed by atoms with E-state index in [1.165, 1.54) is 0 Å². The van der Waals surface area contributed by atoms with Crippen LogP contribution in [0.2, 0.25) is 10.0 Å². The molecule has 3 rings (SSSR count). The van der Waals surface area contributed by atoms with Gasteiger partial charge in [0.1, 0.15) is 5.69 Å². The van der Waals surface area contributed by atoms with Gasteiger partial charge < -0.3 is 9.84 Å². The molecule has 0 saturated heterocycles. The van der Waals surface area contributed by atoms with Crippen LogP contribution in [0.25, 0.3) is 22.6 Å². The van der Waals surface area contributed by atoms with E-state index >= 15 is 0 Å². The van der Waals surface area contributed by atoms with Gasteiger partial charge in [0.15, 0.2) is 5.76 Å². The van der Waals surface area contributed by atoms with Gasteiger partial charge in [-0.05, 0) is 24.3 Å². The Labute approximate surface area is 173 Å². The van der Waals surface area contributed by atoms with Crippen LogP contribution in [0.3, 0.4) is 0 Å². The van der Waals surface area contributed by atoms with Crippen LogP contribution in [0, 0.1) is 0 Å². The van der Waals surface area contributed by atoms with E-state index in [0.717, 1.165) is 0 Å². The molecule has 1 aromatic heterocycles. The van der Waals surface area contributed by atoms with Gasteiger partial charge in [-0.3, -0.25) is 4.79 Å². The van der Waals surface area contributed by atoms with Crippen molar-refractivity contribution in [2.45, 2.75) is 3.79 Å². The molecule has 2 aromatic carbocycles. The van der Waals surface area contributed by atoms with Crippen molar-refractivity contribution in [3.63, 3.8) is 0 Å². The molecule has 4 nitrogen and oxygen atoms in total. The summed E-state index contributed by atoms with van der Waals surface area (Å²) in [5, 5.41) is 7.45. The first-order valence-corrected chi connectivity index (χ1v) is 9.04. The number of halogens is 5. The van der Waals surface area contributed by atoms with Crippen LogP contribution in [0.4, 0.5) is 5.69 Å². The van der Waals surface area contributed by atoms with Crippen molar-refractivity contribution in [3.05, 3.63) is 58.6 Å². The molecule has 26 heavy (non-hydrogen) atoms. The van der Waals surface area contributed by atoms with Crippen molar-refractivity contribution in [2.75, 3.05) is 5.32 Å². The molecule has 134 valence electrons. The Hall–Kier alpha value is -1.43. The standard InChI is InChI=1S/C17H9Cl5N2O2/c18-11-5-2-6-12(19)15(11)13-8-14(26-24-13)9-3-1-4-10(7-9)23-16(25)17(20,21)22/h1-8H,(H,23,25). The van der Waals surface area contributed by atoms with Gasteiger partial charge in [-0.15, -0.1) is 0 Å². The molecule has 0 unspecified atom stereocenters. The summed E-state index contributed by atoms with van der Waals surface area (Å²) in [5.41, 5.74) is 2.17. The third-order valence-electron chi connectivity index (χ3n) is 3.39. The lowest BCUT2D eigenvalue weighted by Crippen LogP contribution is -2.26. The van der Waals surface area contributed by atoms with Crippen LogP contribution in [-0.4, -0.2) is 14.9 Å². The summed E-state index contributed by atoms with van der Waals surface area (Å²) in [6.45, 7) is 0. The number of anilines is 1. The highest BCUT2D eigenvalue weighted by Crippen LogP contribution is 2.36. The number of benzene rings is 2. The molecule has 0 fully saturated rings. The van der Waals surface area contributed by atoms with Crippen molar-refractivity contribution in [2.24, 2.45) is 0 Å². The lowest BCUT2D eigenvalue weighted by Gasteiger charge is -2.11. The molecule has 3 aromatic rings. The average molecular weight is 451 g/mol. The first kappa shape index (κ1) is 19.3. The van der Waals surface area contributed by atoms with E-state index in [1.807, 2.05) is 0 Å². The summed E-state index contributed by atoms with van der Waals surface area (Å²) >= 11 is 29.1. The van der Waals surface area contributed by atoms with Gasteiger partial charge in [-0.1, -0.05) is 81.4 Å². The molecule has 0 bridgehead atoms. The number of alkyl halides is 3. The summed E-state index contributed by atoms with van der Waals surface area (Å²) in [6, 6.07) is 13.7. The molecule has 9 heteroatoms. The van der Waals surface area contributed by atoms with Crippen LogP contribution < -0.4 is 5.32 Å². The first-order valence-electron chi connectivity index (χ1n) is 7.15. The zero-order valence-corrected chi connectivity index (χ0v) is 16.6. The molecule has 0 spiro atoms. The summed E-state index contributed by atoms with van der Waals surface area (Å²) in [4.78, 5) is 11.8. The van der Waals surface area contributed by atoms with Crippen LogP contribution in [0.15, 0.2) is 53.1 Å². The molecule has 1 heterocycles. The van der Waals surface area contributed by atoms with Crippen molar-refractivity contribution >= 4 is 69.6 Å². The van der Waals surface area contributed by atoms with Crippen molar-refractivity contribution < 1.29 is 9.32 Å². The van der Waals surface area contributed by atoms with Crippen LogP contribution in [-0.2, 0) is 4.79 Å². The lowest BCUT2D eigenvalue weighted by atomic mass is 10.1. The smallest absolute Gasteiger partial charge is 0.276 e. The van der Waals surface area contributed by atoms with Crippen LogP contribution in [0.5, 0.6) is 0 Å². The van der Waals surface area contributed by atoms with Gasteiger partial charge in [0.2, 0.25) is 0 Å². The molecule has 0 radical (unpaired) electrons. The minimum atomic E-state index is -2.06. The fraction of sp³-hybridized carbons (Fsp3) is 0.0588. The van der Waals surface area contributed by atoms with Gasteiger partial charge in [-0.2, -0.15) is 0 Å². The van der Waals surface area contributed by atoms with Gasteiger partial charge in [0, 0.05) is 22.9 Å². The molecule has 0 aliphatic heterocycles. The molecule has 1 amide bonds. The maximum Gasteiger partial charge on any atom is 0.276 e. The van der Waals surface area contributed by atoms with E-state index in [2.05, 4.69) is 10.5 Å². The Morgan fingerprint density at radius 3 is 2.31 bits per heavy atom. The Morgan fingerprint density at radius 1 is 1.00 bits per heavy atom. The Balaban J connectivity index is 1.91. The minimum absolute atomic E-state index is 0.438. The molecule has 0 atom stereocenters.